The van der Waals surface area contributed by atoms with Crippen molar-refractivity contribution in [2.24, 2.45) is 46.3 Å². The summed E-state index contributed by atoms with van der Waals surface area (Å²) in [7, 11) is 0. The molecule has 4 aliphatic carbocycles. The van der Waals surface area contributed by atoms with Gasteiger partial charge in [0.2, 0.25) is 0 Å². The van der Waals surface area contributed by atoms with Crippen LogP contribution in [0.5, 0.6) is 0 Å². The monoisotopic (exact) mass is 576 g/mol. The SMILES string of the molecule is C=C(CC[C@@H](C)C1[C@@H](O)CC2C3C(CCC21C)C1(C)CC[C@H](OC2OC(C)C(O)C(O)C2O)CC1=C[C@@H]3O)C(C)C. The molecule has 1 heterocycles. The molecule has 11 unspecified atom stereocenters. The highest BCUT2D eigenvalue weighted by Crippen LogP contribution is 2.67. The van der Waals surface area contributed by atoms with Crippen molar-refractivity contribution in [3.05, 3.63) is 23.8 Å². The first-order chi connectivity index (χ1) is 19.2. The molecule has 41 heavy (non-hydrogen) atoms. The Bertz CT molecular complexity index is 996. The van der Waals surface area contributed by atoms with Gasteiger partial charge >= 0.3 is 0 Å². The fourth-order valence-electron chi connectivity index (χ4n) is 10.0. The highest BCUT2D eigenvalue weighted by molar-refractivity contribution is 5.28. The molecule has 7 nitrogen and oxygen atoms in total. The van der Waals surface area contributed by atoms with E-state index in [1.165, 1.54) is 11.1 Å². The first-order valence-corrected chi connectivity index (χ1v) is 16.3. The number of aliphatic hydroxyl groups excluding tert-OH is 5. The van der Waals surface area contributed by atoms with Crippen molar-refractivity contribution in [3.8, 4) is 0 Å². The van der Waals surface area contributed by atoms with Crippen LogP contribution in [0.4, 0.5) is 0 Å². The van der Waals surface area contributed by atoms with E-state index in [4.69, 9.17) is 9.47 Å². The van der Waals surface area contributed by atoms with Crippen LogP contribution in [0.1, 0.15) is 92.9 Å². The molecular formula is C34H56O7. The number of ether oxygens (including phenoxy) is 2. The van der Waals surface area contributed by atoms with Gasteiger partial charge in [-0.15, -0.1) is 0 Å². The zero-order valence-electron chi connectivity index (χ0n) is 26.1. The summed E-state index contributed by atoms with van der Waals surface area (Å²) in [5, 5.41) is 53.9. The molecule has 0 aromatic rings. The normalized spacial score (nSPS) is 50.5. The van der Waals surface area contributed by atoms with Crippen LogP contribution >= 0.6 is 0 Å². The van der Waals surface area contributed by atoms with Gasteiger partial charge in [0.05, 0.1) is 24.4 Å². The Morgan fingerprint density at radius 2 is 1.73 bits per heavy atom. The molecule has 5 N–H and O–H groups in total. The lowest BCUT2D eigenvalue weighted by Crippen LogP contribution is -2.58. The van der Waals surface area contributed by atoms with Crippen LogP contribution in [0.3, 0.4) is 0 Å². The summed E-state index contributed by atoms with van der Waals surface area (Å²) in [6.07, 6.45) is 2.92. The van der Waals surface area contributed by atoms with Gasteiger partial charge < -0.3 is 35.0 Å². The fraction of sp³-hybridized carbons (Fsp3) is 0.882. The van der Waals surface area contributed by atoms with E-state index in [2.05, 4.69) is 47.3 Å². The second-order valence-corrected chi connectivity index (χ2v) is 15.3. The quantitative estimate of drug-likeness (QED) is 0.286. The molecular weight excluding hydrogens is 520 g/mol. The third-order valence-electron chi connectivity index (χ3n) is 12.7. The summed E-state index contributed by atoms with van der Waals surface area (Å²) in [5.41, 5.74) is 2.49. The van der Waals surface area contributed by atoms with Crippen LogP contribution in [0.15, 0.2) is 23.8 Å². The van der Waals surface area contributed by atoms with Gasteiger partial charge in [-0.05, 0) is 105 Å². The average molecular weight is 577 g/mol. The molecule has 0 aromatic heterocycles. The number of aliphatic hydroxyl groups is 5. The first kappa shape index (κ1) is 31.6. The van der Waals surface area contributed by atoms with Crippen LogP contribution in [0.2, 0.25) is 0 Å². The Morgan fingerprint density at radius 3 is 2.41 bits per heavy atom. The molecule has 15 atom stereocenters. The lowest BCUT2D eigenvalue weighted by molar-refractivity contribution is -0.306. The Kier molecular flexibility index (Phi) is 8.95. The van der Waals surface area contributed by atoms with Crippen LogP contribution < -0.4 is 0 Å². The summed E-state index contributed by atoms with van der Waals surface area (Å²) in [4.78, 5) is 0. The van der Waals surface area contributed by atoms with Crippen molar-refractivity contribution >= 4 is 0 Å². The van der Waals surface area contributed by atoms with Crippen molar-refractivity contribution < 1.29 is 35.0 Å². The van der Waals surface area contributed by atoms with Gasteiger partial charge in [0, 0.05) is 0 Å². The Balaban J connectivity index is 1.30. The van der Waals surface area contributed by atoms with Crippen LogP contribution in [0, 0.1) is 46.3 Å². The van der Waals surface area contributed by atoms with Crippen molar-refractivity contribution in [3.63, 3.8) is 0 Å². The molecule has 0 aromatic carbocycles. The summed E-state index contributed by atoms with van der Waals surface area (Å²) in [5.74, 6) is 1.90. The van der Waals surface area contributed by atoms with Gasteiger partial charge in [-0.1, -0.05) is 58.4 Å². The topological polar surface area (TPSA) is 120 Å². The molecule has 5 aliphatic rings. The minimum atomic E-state index is -1.31. The Hall–Kier alpha value is -0.800. The molecule has 0 bridgehead atoms. The standard InChI is InChI=1S/C34H56O7/c1-17(2)18(3)8-9-19(4)28-26(36)16-24-27-23(11-13-34(24,28)7)33(6)12-10-22(14-21(33)15-25(27)35)41-32-31(39)30(38)29(37)20(5)40-32/h15,17,19-20,22-32,35-39H,3,8-14,16H2,1-2,4-7H3/t19-,20?,22+,23?,24?,25+,26+,27?,28?,29?,30?,31?,32?,33?,34?/m1/s1. The van der Waals surface area contributed by atoms with Crippen LogP contribution in [0.25, 0.3) is 0 Å². The molecule has 0 radical (unpaired) electrons. The van der Waals surface area contributed by atoms with E-state index >= 15 is 0 Å². The predicted octanol–water partition coefficient (Wildman–Crippen LogP) is 4.35. The molecule has 3 saturated carbocycles. The van der Waals surface area contributed by atoms with Gasteiger partial charge in [-0.25, -0.2) is 0 Å². The predicted molar refractivity (Wildman–Crippen MR) is 158 cm³/mol. The summed E-state index contributed by atoms with van der Waals surface area (Å²) < 4.78 is 11.9. The third kappa shape index (κ3) is 5.40. The van der Waals surface area contributed by atoms with E-state index in [0.717, 1.165) is 44.9 Å². The zero-order chi connectivity index (χ0) is 30.0. The van der Waals surface area contributed by atoms with Crippen molar-refractivity contribution in [2.75, 3.05) is 0 Å². The number of rotatable bonds is 7. The minimum Gasteiger partial charge on any atom is -0.393 e. The van der Waals surface area contributed by atoms with E-state index in [0.29, 0.717) is 24.2 Å². The van der Waals surface area contributed by atoms with Crippen LogP contribution in [-0.4, -0.2) is 74.6 Å². The van der Waals surface area contributed by atoms with Gasteiger partial charge in [-0.2, -0.15) is 0 Å². The Labute approximate surface area is 247 Å². The molecule has 1 aliphatic heterocycles. The summed E-state index contributed by atoms with van der Waals surface area (Å²) >= 11 is 0. The van der Waals surface area contributed by atoms with Crippen molar-refractivity contribution in [1.82, 2.24) is 0 Å². The fourth-order valence-corrected chi connectivity index (χ4v) is 10.0. The maximum absolute atomic E-state index is 11.7. The molecule has 4 fully saturated rings. The first-order valence-electron chi connectivity index (χ1n) is 16.3. The molecule has 234 valence electrons. The number of fused-ring (bicyclic) bond motifs is 5. The zero-order valence-corrected chi connectivity index (χ0v) is 26.1. The van der Waals surface area contributed by atoms with Gasteiger partial charge in [0.15, 0.2) is 6.29 Å². The third-order valence-corrected chi connectivity index (χ3v) is 12.7. The maximum Gasteiger partial charge on any atom is 0.186 e. The van der Waals surface area contributed by atoms with Crippen molar-refractivity contribution in [1.29, 1.82) is 0 Å². The Morgan fingerprint density at radius 1 is 1.02 bits per heavy atom. The molecule has 0 amide bonds. The highest BCUT2D eigenvalue weighted by Gasteiger charge is 2.63. The maximum atomic E-state index is 11.7. The smallest absolute Gasteiger partial charge is 0.186 e. The van der Waals surface area contributed by atoms with E-state index in [1.54, 1.807) is 6.92 Å². The number of hydrogen-bond acceptors (Lipinski definition) is 7. The van der Waals surface area contributed by atoms with E-state index in [9.17, 15) is 25.5 Å². The average Bonchev–Trinajstić information content (AvgIpc) is 3.19. The lowest BCUT2D eigenvalue weighted by atomic mass is 9.46. The second-order valence-electron chi connectivity index (χ2n) is 15.3. The summed E-state index contributed by atoms with van der Waals surface area (Å²) in [6, 6.07) is 0. The van der Waals surface area contributed by atoms with Crippen molar-refractivity contribution in [2.45, 2.75) is 142 Å². The largest absolute Gasteiger partial charge is 0.393 e. The van der Waals surface area contributed by atoms with Crippen LogP contribution in [-0.2, 0) is 9.47 Å². The lowest BCUT2D eigenvalue weighted by Gasteiger charge is -2.59. The minimum absolute atomic E-state index is 0.0126. The highest BCUT2D eigenvalue weighted by atomic mass is 16.7. The molecule has 1 saturated heterocycles. The van der Waals surface area contributed by atoms with E-state index < -0.39 is 36.8 Å². The van der Waals surface area contributed by atoms with E-state index in [-0.39, 0.29) is 40.8 Å². The second kappa shape index (κ2) is 11.6. The van der Waals surface area contributed by atoms with Gasteiger partial charge in [-0.3, -0.25) is 0 Å². The molecule has 5 rings (SSSR count). The molecule has 7 heteroatoms. The number of hydrogen-bond donors (Lipinski definition) is 5. The van der Waals surface area contributed by atoms with Gasteiger partial charge in [0.25, 0.3) is 0 Å². The van der Waals surface area contributed by atoms with E-state index in [1.807, 2.05) is 0 Å². The van der Waals surface area contributed by atoms with Gasteiger partial charge in [0.1, 0.15) is 18.3 Å². The summed E-state index contributed by atoms with van der Waals surface area (Å²) in [6.45, 7) is 17.4. The number of allylic oxidation sites excluding steroid dienone is 1. The molecule has 0 spiro atoms.